The second kappa shape index (κ2) is 14.5. The van der Waals surface area contributed by atoms with E-state index >= 15 is 0 Å². The van der Waals surface area contributed by atoms with Gasteiger partial charge in [0.2, 0.25) is 0 Å². The Hall–Kier alpha value is -7.31. The molecule has 282 valence electrons. The topological polar surface area (TPSA) is 56.7 Å². The van der Waals surface area contributed by atoms with E-state index in [9.17, 15) is 0 Å². The molecule has 0 atom stereocenters. The van der Waals surface area contributed by atoms with Crippen molar-refractivity contribution in [1.29, 1.82) is 0 Å². The predicted octanol–water partition coefficient (Wildman–Crippen LogP) is 4.50. The first-order valence-electron chi connectivity index (χ1n) is 20.9. The largest absolute Gasteiger partial charge is 0.456 e. The lowest BCUT2D eigenvalue weighted by atomic mass is 9.59. The molecule has 0 radical (unpaired) electrons. The molecule has 10 heteroatoms. The van der Waals surface area contributed by atoms with Crippen LogP contribution in [0.15, 0.2) is 168 Å². The van der Waals surface area contributed by atoms with E-state index in [0.717, 1.165) is 55.4 Å². The van der Waals surface area contributed by atoms with Gasteiger partial charge in [-0.2, -0.15) is 0 Å². The first kappa shape index (κ1) is 36.8. The summed E-state index contributed by atoms with van der Waals surface area (Å²) in [5.74, 6) is 1.87. The minimum Gasteiger partial charge on any atom is -0.456 e. The number of hydrogen-bond acceptors (Lipinski definition) is 4. The van der Waals surface area contributed by atoms with Gasteiger partial charge in [-0.15, -0.1) is 16.4 Å². The number of nitrogens with zero attached hydrogens (tertiary/aromatic N) is 4. The van der Waals surface area contributed by atoms with E-state index in [1.807, 2.05) is 42.5 Å². The highest BCUT2D eigenvalue weighted by molar-refractivity contribution is 6.68. The van der Waals surface area contributed by atoms with Crippen molar-refractivity contribution in [1.82, 2.24) is 19.5 Å². The molecule has 0 saturated heterocycles. The molecule has 0 unspecified atom stereocenters. The summed E-state index contributed by atoms with van der Waals surface area (Å²) in [4.78, 5) is 15.2. The molecule has 0 spiro atoms. The van der Waals surface area contributed by atoms with Crippen LogP contribution >= 0.6 is 0 Å². The molecule has 0 amide bonds. The third kappa shape index (κ3) is 6.12. The Morgan fingerprint density at radius 2 is 0.852 bits per heavy atom. The molecule has 8 aromatic carbocycles. The third-order valence-electron chi connectivity index (χ3n) is 12.8. The Balaban J connectivity index is 0.982. The second-order valence-electron chi connectivity index (χ2n) is 16.2. The Morgan fingerprint density at radius 1 is 0.344 bits per heavy atom. The number of para-hydroxylation sites is 2. The van der Waals surface area contributed by atoms with Crippen molar-refractivity contribution >= 4 is 110 Å². The highest BCUT2D eigenvalue weighted by atomic mass is 16.3. The number of fused-ring (bicyclic) bond motifs is 6. The lowest BCUT2D eigenvalue weighted by Crippen LogP contribution is -2.55. The molecule has 0 aliphatic carbocycles. The fourth-order valence-electron chi connectivity index (χ4n) is 9.17. The summed E-state index contributed by atoms with van der Waals surface area (Å²) in [7, 11) is 11.1. The van der Waals surface area contributed by atoms with Gasteiger partial charge in [0.05, 0.1) is 11.0 Å². The fraction of sp³-hybridized carbons (Fsp3) is 0. The molecule has 11 rings (SSSR count). The summed E-state index contributed by atoms with van der Waals surface area (Å²) < 4.78 is 8.88. The van der Waals surface area contributed by atoms with Gasteiger partial charge in [0, 0.05) is 43.9 Å². The zero-order valence-corrected chi connectivity index (χ0v) is 34.8. The summed E-state index contributed by atoms with van der Waals surface area (Å²) in [5, 5.41) is 4.51. The summed E-state index contributed by atoms with van der Waals surface area (Å²) in [6.07, 6.45) is 0. The molecule has 0 fully saturated rings. The Bertz CT molecular complexity index is 3500. The lowest BCUT2D eigenvalue weighted by Gasteiger charge is -2.20. The minimum absolute atomic E-state index is 0.611. The Kier molecular flexibility index (Phi) is 8.71. The SMILES string of the molecule is Bc1c(B)c(B)c(-c2ccc(-c3nc(-c4ccccc4)nc(-c4ccc5oc6cc(-c7ccc8c(c7)c7ccccc7n8-c7ccccc7)ccc6c5c4)n3)cc2)c(B)c1B. The highest BCUT2D eigenvalue weighted by Gasteiger charge is 2.18. The van der Waals surface area contributed by atoms with Crippen LogP contribution in [0.1, 0.15) is 0 Å². The van der Waals surface area contributed by atoms with Gasteiger partial charge in [0.15, 0.2) is 17.5 Å². The zero-order chi connectivity index (χ0) is 41.4. The van der Waals surface area contributed by atoms with Crippen LogP contribution in [0.4, 0.5) is 0 Å². The fourth-order valence-corrected chi connectivity index (χ4v) is 9.17. The van der Waals surface area contributed by atoms with Crippen LogP contribution in [0.3, 0.4) is 0 Å². The van der Waals surface area contributed by atoms with Gasteiger partial charge in [0.1, 0.15) is 50.4 Å². The quantitative estimate of drug-likeness (QED) is 0.234. The number of hydrogen-bond donors (Lipinski definition) is 0. The summed E-state index contributed by atoms with van der Waals surface area (Å²) in [6.45, 7) is 0. The van der Waals surface area contributed by atoms with Crippen molar-refractivity contribution in [2.75, 3.05) is 0 Å². The molecular formula is C51H37B5N4O. The van der Waals surface area contributed by atoms with E-state index in [4.69, 9.17) is 19.4 Å². The first-order valence-corrected chi connectivity index (χ1v) is 20.9. The van der Waals surface area contributed by atoms with Crippen molar-refractivity contribution in [3.05, 3.63) is 164 Å². The number of rotatable bonds is 6. The van der Waals surface area contributed by atoms with E-state index < -0.39 is 0 Å². The number of benzene rings is 8. The lowest BCUT2D eigenvalue weighted by molar-refractivity contribution is 0.669. The van der Waals surface area contributed by atoms with Gasteiger partial charge in [-0.1, -0.05) is 114 Å². The van der Waals surface area contributed by atoms with Crippen molar-refractivity contribution in [2.24, 2.45) is 0 Å². The van der Waals surface area contributed by atoms with Gasteiger partial charge >= 0.3 is 0 Å². The molecule has 11 aromatic rings. The van der Waals surface area contributed by atoms with Gasteiger partial charge < -0.3 is 8.98 Å². The maximum atomic E-state index is 6.54. The normalized spacial score (nSPS) is 11.6. The zero-order valence-electron chi connectivity index (χ0n) is 34.8. The van der Waals surface area contributed by atoms with Crippen molar-refractivity contribution in [2.45, 2.75) is 0 Å². The maximum absolute atomic E-state index is 6.54. The van der Waals surface area contributed by atoms with E-state index in [-0.39, 0.29) is 0 Å². The summed E-state index contributed by atoms with van der Waals surface area (Å²) >= 11 is 0. The maximum Gasteiger partial charge on any atom is 0.164 e. The summed E-state index contributed by atoms with van der Waals surface area (Å²) in [5.41, 5.74) is 19.4. The molecule has 0 saturated carbocycles. The molecule has 0 aliphatic heterocycles. The van der Waals surface area contributed by atoms with Crippen LogP contribution < -0.4 is 27.3 Å². The van der Waals surface area contributed by atoms with Crippen molar-refractivity contribution < 1.29 is 4.42 Å². The average molecular weight is 776 g/mol. The minimum atomic E-state index is 0.611. The van der Waals surface area contributed by atoms with E-state index in [1.165, 1.54) is 60.2 Å². The van der Waals surface area contributed by atoms with Crippen molar-refractivity contribution in [3.8, 4) is 62.1 Å². The first-order chi connectivity index (χ1) is 29.8. The third-order valence-corrected chi connectivity index (χ3v) is 12.8. The van der Waals surface area contributed by atoms with E-state index in [0.29, 0.717) is 17.5 Å². The molecule has 5 nitrogen and oxygen atoms in total. The predicted molar refractivity (Wildman–Crippen MR) is 270 cm³/mol. The van der Waals surface area contributed by atoms with Gasteiger partial charge in [-0.25, -0.2) is 15.0 Å². The summed E-state index contributed by atoms with van der Waals surface area (Å²) in [6, 6.07) is 57.5. The molecule has 61 heavy (non-hydrogen) atoms. The van der Waals surface area contributed by atoms with Gasteiger partial charge in [-0.3, -0.25) is 0 Å². The van der Waals surface area contributed by atoms with Crippen LogP contribution in [0.25, 0.3) is 106 Å². The number of furan rings is 1. The highest BCUT2D eigenvalue weighted by Crippen LogP contribution is 2.38. The molecule has 3 aromatic heterocycles. The van der Waals surface area contributed by atoms with Crippen LogP contribution in [0.5, 0.6) is 0 Å². The molecule has 3 heterocycles. The molecule has 0 bridgehead atoms. The molecular weight excluding hydrogens is 739 g/mol. The van der Waals surface area contributed by atoms with Crippen LogP contribution in [0.2, 0.25) is 0 Å². The Morgan fingerprint density at radius 3 is 1.57 bits per heavy atom. The monoisotopic (exact) mass is 776 g/mol. The van der Waals surface area contributed by atoms with E-state index in [1.54, 1.807) is 0 Å². The second-order valence-corrected chi connectivity index (χ2v) is 16.2. The van der Waals surface area contributed by atoms with Crippen LogP contribution in [0, 0.1) is 0 Å². The van der Waals surface area contributed by atoms with Crippen LogP contribution in [-0.2, 0) is 0 Å². The standard InChI is InChI=1S/C51H37B5N4O/c52-44-43(45(53)47(55)48(56)46(44)54)28-15-17-30(18-16-28)50-57-49(29-9-3-1-4-10-29)58-51(59-50)33-21-24-41-38(26-33)36-22-19-32(27-42(36)61-41)31-20-23-40-37(25-31)35-13-7-8-14-39(35)60(40)34-11-5-2-6-12-34/h1-27H,52-56H2. The van der Waals surface area contributed by atoms with Gasteiger partial charge in [0.25, 0.3) is 0 Å². The van der Waals surface area contributed by atoms with Crippen molar-refractivity contribution in [3.63, 3.8) is 0 Å². The van der Waals surface area contributed by atoms with Gasteiger partial charge in [-0.05, 0) is 82.9 Å². The number of aromatic nitrogens is 4. The molecule has 0 aliphatic rings. The van der Waals surface area contributed by atoms with E-state index in [2.05, 4.69) is 165 Å². The Labute approximate surface area is 358 Å². The molecule has 0 N–H and O–H groups in total. The smallest absolute Gasteiger partial charge is 0.164 e. The van der Waals surface area contributed by atoms with Crippen LogP contribution in [-0.4, -0.2) is 58.8 Å². The average Bonchev–Trinajstić information content (AvgIpc) is 3.85.